The molecule has 3 N–H and O–H groups in total. The number of aliphatic carboxylic acids is 1. The van der Waals surface area contributed by atoms with Gasteiger partial charge < -0.3 is 20.2 Å². The highest BCUT2D eigenvalue weighted by molar-refractivity contribution is 5.97. The van der Waals surface area contributed by atoms with Crippen molar-refractivity contribution in [2.45, 2.75) is 25.7 Å². The lowest BCUT2D eigenvalue weighted by Gasteiger charge is -2.32. The summed E-state index contributed by atoms with van der Waals surface area (Å²) < 4.78 is 0. The Bertz CT molecular complexity index is 535. The van der Waals surface area contributed by atoms with E-state index in [0.717, 1.165) is 12.8 Å². The molecule has 0 aromatic heterocycles. The molecule has 0 bridgehead atoms. The van der Waals surface area contributed by atoms with Gasteiger partial charge in [0.1, 0.15) is 11.5 Å². The monoisotopic (exact) mass is 293 g/mol. The molecule has 1 heterocycles. The number of rotatable bonds is 4. The van der Waals surface area contributed by atoms with Crippen molar-refractivity contribution in [2.75, 3.05) is 13.1 Å². The number of phenolic OH excluding ortho intramolecular Hbond substituents is 2. The number of carboxylic acid groups (broad SMARTS) is 1. The molecule has 114 valence electrons. The number of nitrogens with zero attached hydrogens (tertiary/aromatic N) is 1. The van der Waals surface area contributed by atoms with E-state index in [1.54, 1.807) is 4.90 Å². The number of piperidine rings is 1. The second kappa shape index (κ2) is 6.47. The fourth-order valence-corrected chi connectivity index (χ4v) is 2.62. The molecule has 6 heteroatoms. The molecule has 6 nitrogen and oxygen atoms in total. The first-order valence-electron chi connectivity index (χ1n) is 7.00. The molecule has 0 aliphatic carbocycles. The van der Waals surface area contributed by atoms with Crippen molar-refractivity contribution in [3.05, 3.63) is 23.8 Å². The van der Waals surface area contributed by atoms with Crippen LogP contribution in [-0.2, 0) is 4.79 Å². The van der Waals surface area contributed by atoms with E-state index in [0.29, 0.717) is 25.4 Å². The molecule has 0 spiro atoms. The summed E-state index contributed by atoms with van der Waals surface area (Å²) in [5, 5.41) is 27.8. The maximum Gasteiger partial charge on any atom is 0.303 e. The first-order chi connectivity index (χ1) is 9.97. The molecule has 1 saturated heterocycles. The highest BCUT2D eigenvalue weighted by Crippen LogP contribution is 2.27. The van der Waals surface area contributed by atoms with Crippen molar-refractivity contribution >= 4 is 11.9 Å². The van der Waals surface area contributed by atoms with Gasteiger partial charge in [0, 0.05) is 19.5 Å². The van der Waals surface area contributed by atoms with Crippen LogP contribution < -0.4 is 0 Å². The number of carbonyl (C=O) groups excluding carboxylic acids is 1. The first-order valence-corrected chi connectivity index (χ1v) is 7.00. The summed E-state index contributed by atoms with van der Waals surface area (Å²) in [6.07, 6.45) is 2.32. The average molecular weight is 293 g/mol. The highest BCUT2D eigenvalue weighted by atomic mass is 16.4. The zero-order valence-corrected chi connectivity index (χ0v) is 11.7. The summed E-state index contributed by atoms with van der Waals surface area (Å²) in [5.41, 5.74) is 0.0963. The van der Waals surface area contributed by atoms with Crippen LogP contribution in [0, 0.1) is 5.92 Å². The van der Waals surface area contributed by atoms with Crippen LogP contribution in [0.1, 0.15) is 36.0 Å². The predicted octanol–water partition coefficient (Wildman–Crippen LogP) is 1.81. The Morgan fingerprint density at radius 2 is 1.86 bits per heavy atom. The fraction of sp³-hybridized carbons (Fsp3) is 0.467. The fourth-order valence-electron chi connectivity index (χ4n) is 2.62. The zero-order valence-electron chi connectivity index (χ0n) is 11.7. The van der Waals surface area contributed by atoms with Crippen LogP contribution in [-0.4, -0.2) is 45.2 Å². The third kappa shape index (κ3) is 3.87. The summed E-state index contributed by atoms with van der Waals surface area (Å²) in [6, 6.07) is 3.88. The van der Waals surface area contributed by atoms with Gasteiger partial charge in [-0.1, -0.05) is 0 Å². The summed E-state index contributed by atoms with van der Waals surface area (Å²) >= 11 is 0. The van der Waals surface area contributed by atoms with Crippen LogP contribution in [0.5, 0.6) is 11.5 Å². The highest BCUT2D eigenvalue weighted by Gasteiger charge is 2.25. The SMILES string of the molecule is O=C(O)CCC1CCN(C(=O)c2cc(O)ccc2O)CC1. The van der Waals surface area contributed by atoms with Gasteiger partial charge in [0.15, 0.2) is 0 Å². The normalized spacial score (nSPS) is 15.9. The Morgan fingerprint density at radius 1 is 1.19 bits per heavy atom. The van der Waals surface area contributed by atoms with E-state index in [1.807, 2.05) is 0 Å². The van der Waals surface area contributed by atoms with E-state index in [4.69, 9.17) is 5.11 Å². The van der Waals surface area contributed by atoms with E-state index in [1.165, 1.54) is 18.2 Å². The van der Waals surface area contributed by atoms with Crippen LogP contribution in [0.2, 0.25) is 0 Å². The number of phenols is 2. The van der Waals surface area contributed by atoms with Crippen molar-refractivity contribution in [1.29, 1.82) is 0 Å². The first kappa shape index (κ1) is 15.2. The van der Waals surface area contributed by atoms with E-state index >= 15 is 0 Å². The molecule has 0 radical (unpaired) electrons. The third-order valence-electron chi connectivity index (χ3n) is 3.88. The molecule has 0 saturated carbocycles. The number of amides is 1. The Balaban J connectivity index is 1.94. The van der Waals surface area contributed by atoms with Crippen molar-refractivity contribution in [2.24, 2.45) is 5.92 Å². The number of carboxylic acids is 1. The molecule has 0 unspecified atom stereocenters. The molecular formula is C15H19NO5. The maximum atomic E-state index is 12.3. The van der Waals surface area contributed by atoms with Crippen molar-refractivity contribution < 1.29 is 24.9 Å². The molecule has 1 aliphatic rings. The molecule has 1 fully saturated rings. The minimum Gasteiger partial charge on any atom is -0.508 e. The van der Waals surface area contributed by atoms with Crippen molar-refractivity contribution in [3.63, 3.8) is 0 Å². The van der Waals surface area contributed by atoms with Gasteiger partial charge in [0.25, 0.3) is 5.91 Å². The van der Waals surface area contributed by atoms with Gasteiger partial charge >= 0.3 is 5.97 Å². The molecule has 1 aromatic rings. The number of carbonyl (C=O) groups is 2. The number of hydrogen-bond donors (Lipinski definition) is 3. The standard InChI is InChI=1S/C15H19NO5/c17-11-2-3-13(18)12(9-11)15(21)16-7-5-10(6-8-16)1-4-14(19)20/h2-3,9-10,17-18H,1,4-8H2,(H,19,20). The lowest BCUT2D eigenvalue weighted by Crippen LogP contribution is -2.38. The Morgan fingerprint density at radius 3 is 2.48 bits per heavy atom. The zero-order chi connectivity index (χ0) is 15.4. The van der Waals surface area contributed by atoms with Crippen LogP contribution in [0.4, 0.5) is 0 Å². The van der Waals surface area contributed by atoms with Crippen molar-refractivity contribution in [1.82, 2.24) is 4.90 Å². The Labute approximate surface area is 122 Å². The summed E-state index contributed by atoms with van der Waals surface area (Å²) in [5.74, 6) is -0.987. The number of aromatic hydroxyl groups is 2. The van der Waals surface area contributed by atoms with Crippen LogP contribution in [0.3, 0.4) is 0 Å². The number of benzene rings is 1. The van der Waals surface area contributed by atoms with Gasteiger partial charge in [0.05, 0.1) is 5.56 Å². The van der Waals surface area contributed by atoms with E-state index < -0.39 is 5.97 Å². The maximum absolute atomic E-state index is 12.3. The van der Waals surface area contributed by atoms with Gasteiger partial charge in [-0.15, -0.1) is 0 Å². The van der Waals surface area contributed by atoms with Crippen LogP contribution >= 0.6 is 0 Å². The van der Waals surface area contributed by atoms with E-state index in [-0.39, 0.29) is 29.4 Å². The van der Waals surface area contributed by atoms with Gasteiger partial charge in [-0.25, -0.2) is 0 Å². The second-order valence-electron chi connectivity index (χ2n) is 5.37. The molecular weight excluding hydrogens is 274 g/mol. The quantitative estimate of drug-likeness (QED) is 0.735. The molecule has 1 amide bonds. The number of hydrogen-bond acceptors (Lipinski definition) is 4. The third-order valence-corrected chi connectivity index (χ3v) is 3.88. The van der Waals surface area contributed by atoms with E-state index in [9.17, 15) is 19.8 Å². The molecule has 2 rings (SSSR count). The van der Waals surface area contributed by atoms with Gasteiger partial charge in [-0.2, -0.15) is 0 Å². The summed E-state index contributed by atoms with van der Waals surface area (Å²) in [7, 11) is 0. The lowest BCUT2D eigenvalue weighted by molar-refractivity contribution is -0.137. The van der Waals surface area contributed by atoms with Gasteiger partial charge in [0.2, 0.25) is 0 Å². The molecule has 0 atom stereocenters. The minimum atomic E-state index is -0.793. The Hall–Kier alpha value is -2.24. The molecule has 1 aromatic carbocycles. The summed E-state index contributed by atoms with van der Waals surface area (Å²) in [6.45, 7) is 1.08. The van der Waals surface area contributed by atoms with E-state index in [2.05, 4.69) is 0 Å². The predicted molar refractivity (Wildman–Crippen MR) is 75.3 cm³/mol. The van der Waals surface area contributed by atoms with Crippen LogP contribution in [0.25, 0.3) is 0 Å². The van der Waals surface area contributed by atoms with Gasteiger partial charge in [-0.3, -0.25) is 9.59 Å². The second-order valence-corrected chi connectivity index (χ2v) is 5.37. The average Bonchev–Trinajstić information content (AvgIpc) is 2.47. The topological polar surface area (TPSA) is 98.1 Å². The largest absolute Gasteiger partial charge is 0.508 e. The van der Waals surface area contributed by atoms with Gasteiger partial charge in [-0.05, 0) is 43.4 Å². The molecule has 21 heavy (non-hydrogen) atoms. The summed E-state index contributed by atoms with van der Waals surface area (Å²) in [4.78, 5) is 24.5. The Kier molecular flexibility index (Phi) is 4.67. The lowest BCUT2D eigenvalue weighted by atomic mass is 9.92. The molecule has 1 aliphatic heterocycles. The number of likely N-dealkylation sites (tertiary alicyclic amines) is 1. The smallest absolute Gasteiger partial charge is 0.303 e. The van der Waals surface area contributed by atoms with Crippen molar-refractivity contribution in [3.8, 4) is 11.5 Å². The minimum absolute atomic E-state index is 0.0625. The van der Waals surface area contributed by atoms with Crippen LogP contribution in [0.15, 0.2) is 18.2 Å².